The summed E-state index contributed by atoms with van der Waals surface area (Å²) in [6.45, 7) is 7.59. The van der Waals surface area contributed by atoms with Crippen LogP contribution >= 0.6 is 15.9 Å². The lowest BCUT2D eigenvalue weighted by atomic mass is 10.3. The number of carbonyl (C=O) groups is 1. The summed E-state index contributed by atoms with van der Waals surface area (Å²) >= 11 is 3.35. The number of hydrogen-bond donors (Lipinski definition) is 2. The maximum atomic E-state index is 12.2. The van der Waals surface area contributed by atoms with Gasteiger partial charge in [-0.3, -0.25) is 14.0 Å². The molecule has 1 atom stereocenters. The van der Waals surface area contributed by atoms with E-state index in [2.05, 4.69) is 26.2 Å². The topological polar surface area (TPSA) is 67.9 Å². The number of nitrogens with zero attached hydrogens (tertiary/aromatic N) is 2. The van der Waals surface area contributed by atoms with Crippen LogP contribution in [0.5, 0.6) is 0 Å². The molecule has 0 radical (unpaired) electrons. The zero-order chi connectivity index (χ0) is 17.0. The standard InChI is InChI=1S/C16H21BrN4O2/c1-4-20(10-15(22)18-11(2)3)9-13-7-16(23)21-8-12(17)5-6-14(21)19-13/h5-8,11H,4,9-10H2,1-3H3,(H,18,22)/p+1. The van der Waals surface area contributed by atoms with Crippen molar-refractivity contribution in [2.45, 2.75) is 33.4 Å². The summed E-state index contributed by atoms with van der Waals surface area (Å²) in [4.78, 5) is 29.7. The molecule has 2 heterocycles. The van der Waals surface area contributed by atoms with Crippen LogP contribution in [0.3, 0.4) is 0 Å². The molecular weight excluding hydrogens is 360 g/mol. The molecule has 2 aromatic heterocycles. The number of amides is 1. The first-order chi connectivity index (χ1) is 10.9. The van der Waals surface area contributed by atoms with Gasteiger partial charge in [0.25, 0.3) is 11.5 Å². The van der Waals surface area contributed by atoms with E-state index in [9.17, 15) is 9.59 Å². The third-order valence-corrected chi connectivity index (χ3v) is 3.94. The minimum Gasteiger partial charge on any atom is -0.349 e. The van der Waals surface area contributed by atoms with Gasteiger partial charge in [-0.2, -0.15) is 0 Å². The number of fused-ring (bicyclic) bond motifs is 1. The van der Waals surface area contributed by atoms with E-state index < -0.39 is 0 Å². The van der Waals surface area contributed by atoms with Crippen molar-refractivity contribution in [1.82, 2.24) is 14.7 Å². The predicted octanol–water partition coefficient (Wildman–Crippen LogP) is 0.386. The molecule has 124 valence electrons. The number of nitrogens with one attached hydrogen (secondary N) is 2. The van der Waals surface area contributed by atoms with E-state index in [1.807, 2.05) is 26.8 Å². The fourth-order valence-corrected chi connectivity index (χ4v) is 2.72. The highest BCUT2D eigenvalue weighted by molar-refractivity contribution is 9.10. The van der Waals surface area contributed by atoms with Crippen LogP contribution in [0.1, 0.15) is 26.5 Å². The summed E-state index contributed by atoms with van der Waals surface area (Å²) in [6.07, 6.45) is 1.70. The van der Waals surface area contributed by atoms with E-state index in [1.165, 1.54) is 10.5 Å². The molecule has 0 aliphatic carbocycles. The predicted molar refractivity (Wildman–Crippen MR) is 92.5 cm³/mol. The molecule has 0 saturated heterocycles. The van der Waals surface area contributed by atoms with Gasteiger partial charge in [0.05, 0.1) is 6.54 Å². The summed E-state index contributed by atoms with van der Waals surface area (Å²) in [5.74, 6) is 0.0123. The van der Waals surface area contributed by atoms with Crippen LogP contribution in [-0.4, -0.2) is 34.4 Å². The molecule has 6 nitrogen and oxygen atoms in total. The van der Waals surface area contributed by atoms with Gasteiger partial charge in [-0.05, 0) is 48.8 Å². The lowest BCUT2D eigenvalue weighted by molar-refractivity contribution is -0.904. The van der Waals surface area contributed by atoms with Gasteiger partial charge >= 0.3 is 0 Å². The SMILES string of the molecule is CC[NH+](CC(=O)NC(C)C)Cc1cc(=O)n2cc(Br)ccc2n1. The van der Waals surface area contributed by atoms with Crippen LogP contribution in [0.25, 0.3) is 5.65 Å². The molecule has 2 rings (SSSR count). The highest BCUT2D eigenvalue weighted by Crippen LogP contribution is 2.09. The Bertz CT molecular complexity index is 757. The molecule has 0 spiro atoms. The van der Waals surface area contributed by atoms with Crippen molar-refractivity contribution in [2.75, 3.05) is 13.1 Å². The second kappa shape index (κ2) is 7.70. The van der Waals surface area contributed by atoms with Crippen molar-refractivity contribution in [2.24, 2.45) is 0 Å². The number of rotatable bonds is 6. The number of aromatic nitrogens is 2. The Balaban J connectivity index is 2.18. The van der Waals surface area contributed by atoms with Crippen molar-refractivity contribution in [1.29, 1.82) is 0 Å². The number of likely N-dealkylation sites (N-methyl/N-ethyl adjacent to an activating group) is 1. The van der Waals surface area contributed by atoms with Gasteiger partial charge < -0.3 is 10.2 Å². The molecule has 1 unspecified atom stereocenters. The van der Waals surface area contributed by atoms with Gasteiger partial charge in [0.2, 0.25) is 0 Å². The smallest absolute Gasteiger partial charge is 0.275 e. The lowest BCUT2D eigenvalue weighted by Crippen LogP contribution is -3.11. The number of quaternary nitrogens is 1. The first kappa shape index (κ1) is 17.6. The zero-order valence-corrected chi connectivity index (χ0v) is 15.2. The highest BCUT2D eigenvalue weighted by Gasteiger charge is 2.15. The lowest BCUT2D eigenvalue weighted by Gasteiger charge is -2.18. The monoisotopic (exact) mass is 381 g/mol. The molecule has 1 amide bonds. The molecule has 0 aliphatic heterocycles. The van der Waals surface area contributed by atoms with Gasteiger partial charge in [0.1, 0.15) is 17.9 Å². The summed E-state index contributed by atoms with van der Waals surface area (Å²) < 4.78 is 2.33. The molecule has 2 N–H and O–H groups in total. The van der Waals surface area contributed by atoms with Crippen molar-refractivity contribution in [3.63, 3.8) is 0 Å². The Kier molecular flexibility index (Phi) is 5.90. The van der Waals surface area contributed by atoms with Gasteiger partial charge in [0, 0.05) is 22.8 Å². The van der Waals surface area contributed by atoms with Crippen molar-refractivity contribution < 1.29 is 9.69 Å². The average Bonchev–Trinajstić information content (AvgIpc) is 2.46. The second-order valence-electron chi connectivity index (χ2n) is 5.84. The van der Waals surface area contributed by atoms with Gasteiger partial charge in [-0.15, -0.1) is 0 Å². The summed E-state index contributed by atoms with van der Waals surface area (Å²) in [6, 6.07) is 5.32. The molecular formula is C16H22BrN4O2+. The Labute approximate surface area is 143 Å². The van der Waals surface area contributed by atoms with E-state index in [0.717, 1.165) is 15.9 Å². The van der Waals surface area contributed by atoms with E-state index in [4.69, 9.17) is 0 Å². The number of carbonyl (C=O) groups excluding carboxylic acids is 1. The molecule has 23 heavy (non-hydrogen) atoms. The van der Waals surface area contributed by atoms with Crippen molar-refractivity contribution in [3.8, 4) is 0 Å². The van der Waals surface area contributed by atoms with E-state index >= 15 is 0 Å². The maximum Gasteiger partial charge on any atom is 0.275 e. The van der Waals surface area contributed by atoms with Crippen LogP contribution < -0.4 is 15.8 Å². The Morgan fingerprint density at radius 2 is 2.17 bits per heavy atom. The van der Waals surface area contributed by atoms with Gasteiger partial charge in [-0.1, -0.05) is 0 Å². The molecule has 7 heteroatoms. The molecule has 0 bridgehead atoms. The largest absolute Gasteiger partial charge is 0.349 e. The van der Waals surface area contributed by atoms with E-state index in [-0.39, 0.29) is 17.5 Å². The van der Waals surface area contributed by atoms with Crippen LogP contribution in [0.2, 0.25) is 0 Å². The molecule has 2 aromatic rings. The number of pyridine rings is 1. The van der Waals surface area contributed by atoms with Crippen LogP contribution in [0.4, 0.5) is 0 Å². The van der Waals surface area contributed by atoms with Crippen LogP contribution in [0, 0.1) is 0 Å². The average molecular weight is 382 g/mol. The van der Waals surface area contributed by atoms with Crippen molar-refractivity contribution >= 4 is 27.5 Å². The molecule has 0 aliphatic rings. The molecule has 0 aromatic carbocycles. The highest BCUT2D eigenvalue weighted by atomic mass is 79.9. The zero-order valence-electron chi connectivity index (χ0n) is 13.6. The normalized spacial score (nSPS) is 12.6. The third kappa shape index (κ3) is 4.87. The Hall–Kier alpha value is -1.73. The van der Waals surface area contributed by atoms with Crippen LogP contribution in [-0.2, 0) is 11.3 Å². The molecule has 0 fully saturated rings. The van der Waals surface area contributed by atoms with Crippen molar-refractivity contribution in [3.05, 3.63) is 44.9 Å². The summed E-state index contributed by atoms with van der Waals surface area (Å²) in [5.41, 5.74) is 1.19. The van der Waals surface area contributed by atoms with E-state index in [1.54, 1.807) is 12.3 Å². The third-order valence-electron chi connectivity index (χ3n) is 3.47. The Morgan fingerprint density at radius 3 is 2.83 bits per heavy atom. The first-order valence-electron chi connectivity index (χ1n) is 7.69. The minimum absolute atomic E-state index is 0.0123. The maximum absolute atomic E-state index is 12.2. The number of halogens is 1. The summed E-state index contributed by atoms with van der Waals surface area (Å²) in [7, 11) is 0. The quantitative estimate of drug-likeness (QED) is 0.760. The number of hydrogen-bond acceptors (Lipinski definition) is 3. The minimum atomic E-state index is -0.117. The van der Waals surface area contributed by atoms with E-state index in [0.29, 0.717) is 24.4 Å². The fraction of sp³-hybridized carbons (Fsp3) is 0.438. The van der Waals surface area contributed by atoms with Gasteiger partial charge in [0.15, 0.2) is 6.54 Å². The van der Waals surface area contributed by atoms with Gasteiger partial charge in [-0.25, -0.2) is 4.98 Å². The second-order valence-corrected chi connectivity index (χ2v) is 6.76. The first-order valence-corrected chi connectivity index (χ1v) is 8.49. The Morgan fingerprint density at radius 1 is 1.43 bits per heavy atom. The fourth-order valence-electron chi connectivity index (χ4n) is 2.39. The molecule has 0 saturated carbocycles. The van der Waals surface area contributed by atoms with Crippen LogP contribution in [0.15, 0.2) is 33.7 Å². The summed E-state index contributed by atoms with van der Waals surface area (Å²) in [5, 5.41) is 2.89.